The van der Waals surface area contributed by atoms with E-state index in [-0.39, 0.29) is 0 Å². The molecule has 1 heterocycles. The molecule has 2 N–H and O–H groups in total. The van der Waals surface area contributed by atoms with Crippen molar-refractivity contribution in [2.24, 2.45) is 0 Å². The minimum Gasteiger partial charge on any atom is -0.469 e. The fourth-order valence-corrected chi connectivity index (χ4v) is 1.50. The number of aromatic nitrogens is 1. The van der Waals surface area contributed by atoms with Crippen molar-refractivity contribution in [1.82, 2.24) is 4.98 Å². The van der Waals surface area contributed by atoms with Gasteiger partial charge in [0.15, 0.2) is 0 Å². The molecule has 0 aliphatic heterocycles. The van der Waals surface area contributed by atoms with Gasteiger partial charge in [0.25, 0.3) is 6.43 Å². The van der Waals surface area contributed by atoms with E-state index in [9.17, 15) is 26.7 Å². The zero-order valence-corrected chi connectivity index (χ0v) is 9.59. The number of pyridine rings is 1. The fraction of sp³-hybridized carbons (Fsp3) is 0.400. The molecule has 1 aromatic rings. The molecule has 0 unspecified atom stereocenters. The van der Waals surface area contributed by atoms with Gasteiger partial charge in [-0.15, -0.1) is 0 Å². The fourth-order valence-electron chi connectivity index (χ4n) is 1.50. The number of ether oxygens (including phenoxy) is 1. The summed E-state index contributed by atoms with van der Waals surface area (Å²) in [6.45, 7) is 0. The quantitative estimate of drug-likeness (QED) is 0.683. The van der Waals surface area contributed by atoms with Gasteiger partial charge >= 0.3 is 12.1 Å². The van der Waals surface area contributed by atoms with Crippen LogP contribution in [-0.2, 0) is 22.1 Å². The van der Waals surface area contributed by atoms with Gasteiger partial charge < -0.3 is 10.5 Å². The largest absolute Gasteiger partial charge is 0.469 e. The summed E-state index contributed by atoms with van der Waals surface area (Å²) < 4.78 is 68.1. The molecule has 4 nitrogen and oxygen atoms in total. The SMILES string of the molecule is COC(=O)Cc1cnc(N)c(C(F)F)c1C(F)(F)F. The number of hydrogen-bond acceptors (Lipinski definition) is 4. The first-order valence-electron chi connectivity index (χ1n) is 4.87. The maximum absolute atomic E-state index is 12.8. The second kappa shape index (κ2) is 5.37. The molecule has 0 amide bonds. The first kappa shape index (κ1) is 15.1. The third-order valence-electron chi connectivity index (χ3n) is 2.29. The smallest absolute Gasteiger partial charge is 0.417 e. The molecule has 0 spiro atoms. The molecular formula is C10H9F5N2O2. The lowest BCUT2D eigenvalue weighted by Gasteiger charge is -2.17. The Morgan fingerprint density at radius 1 is 1.47 bits per heavy atom. The van der Waals surface area contributed by atoms with Crippen molar-refractivity contribution in [2.75, 3.05) is 12.8 Å². The summed E-state index contributed by atoms with van der Waals surface area (Å²) in [7, 11) is 0.967. The number of alkyl halides is 5. The summed E-state index contributed by atoms with van der Waals surface area (Å²) in [6.07, 6.45) is -8.72. The van der Waals surface area contributed by atoms with Gasteiger partial charge in [0.1, 0.15) is 5.82 Å². The van der Waals surface area contributed by atoms with Crippen LogP contribution in [0, 0.1) is 0 Å². The summed E-state index contributed by atoms with van der Waals surface area (Å²) in [5, 5.41) is 0. The monoisotopic (exact) mass is 284 g/mol. The van der Waals surface area contributed by atoms with Crippen LogP contribution >= 0.6 is 0 Å². The van der Waals surface area contributed by atoms with Crippen LogP contribution in [0.2, 0.25) is 0 Å². The Hall–Kier alpha value is -1.93. The van der Waals surface area contributed by atoms with E-state index in [0.29, 0.717) is 6.20 Å². The molecule has 0 aliphatic rings. The van der Waals surface area contributed by atoms with Crippen molar-refractivity contribution in [3.8, 4) is 0 Å². The van der Waals surface area contributed by atoms with Crippen LogP contribution in [0.4, 0.5) is 27.8 Å². The Morgan fingerprint density at radius 2 is 2.05 bits per heavy atom. The molecule has 106 valence electrons. The molecule has 0 fully saturated rings. The van der Waals surface area contributed by atoms with E-state index in [1.807, 2.05) is 0 Å². The zero-order chi connectivity index (χ0) is 14.8. The number of nitrogens with two attached hydrogens (primary N) is 1. The van der Waals surface area contributed by atoms with Gasteiger partial charge in [0.05, 0.1) is 24.7 Å². The lowest BCUT2D eigenvalue weighted by atomic mass is 10.0. The Balaban J connectivity index is 3.48. The number of esters is 1. The van der Waals surface area contributed by atoms with Crippen molar-refractivity contribution in [2.45, 2.75) is 19.0 Å². The molecule has 1 rings (SSSR count). The van der Waals surface area contributed by atoms with Crippen molar-refractivity contribution < 1.29 is 31.5 Å². The summed E-state index contributed by atoms with van der Waals surface area (Å²) >= 11 is 0. The molecule has 0 atom stereocenters. The van der Waals surface area contributed by atoms with Crippen LogP contribution < -0.4 is 5.73 Å². The highest BCUT2D eigenvalue weighted by atomic mass is 19.4. The average molecular weight is 284 g/mol. The number of halogens is 5. The Morgan fingerprint density at radius 3 is 2.47 bits per heavy atom. The minimum atomic E-state index is -5.08. The topological polar surface area (TPSA) is 65.2 Å². The molecule has 0 aliphatic carbocycles. The van der Waals surface area contributed by atoms with Gasteiger partial charge in [0, 0.05) is 6.20 Å². The molecule has 19 heavy (non-hydrogen) atoms. The van der Waals surface area contributed by atoms with E-state index in [1.165, 1.54) is 0 Å². The van der Waals surface area contributed by atoms with E-state index >= 15 is 0 Å². The molecule has 0 saturated carbocycles. The van der Waals surface area contributed by atoms with Gasteiger partial charge in [-0.3, -0.25) is 4.79 Å². The summed E-state index contributed by atoms with van der Waals surface area (Å²) in [5.41, 5.74) is 1.28. The molecule has 0 radical (unpaired) electrons. The Kier molecular flexibility index (Phi) is 4.28. The van der Waals surface area contributed by atoms with E-state index in [4.69, 9.17) is 5.73 Å². The second-order valence-electron chi connectivity index (χ2n) is 3.51. The normalized spacial score (nSPS) is 11.7. The summed E-state index contributed by atoms with van der Waals surface area (Å²) in [4.78, 5) is 14.2. The number of nitrogens with zero attached hydrogens (tertiary/aromatic N) is 1. The molecule has 0 aromatic carbocycles. The van der Waals surface area contributed by atoms with Crippen LogP contribution in [0.1, 0.15) is 23.1 Å². The first-order valence-corrected chi connectivity index (χ1v) is 4.87. The van der Waals surface area contributed by atoms with Gasteiger partial charge in [-0.05, 0) is 5.56 Å². The van der Waals surface area contributed by atoms with Crippen LogP contribution in [0.3, 0.4) is 0 Å². The van der Waals surface area contributed by atoms with E-state index < -0.39 is 47.5 Å². The molecule has 0 bridgehead atoms. The first-order chi connectivity index (χ1) is 8.68. The predicted octanol–water partition coefficient (Wildman–Crippen LogP) is 2.34. The maximum Gasteiger partial charge on any atom is 0.417 e. The lowest BCUT2D eigenvalue weighted by molar-refractivity contribution is -0.142. The number of anilines is 1. The van der Waals surface area contributed by atoms with Crippen LogP contribution in [-0.4, -0.2) is 18.1 Å². The Bertz CT molecular complexity index is 488. The zero-order valence-electron chi connectivity index (χ0n) is 9.59. The van der Waals surface area contributed by atoms with E-state index in [0.717, 1.165) is 7.11 Å². The van der Waals surface area contributed by atoms with Crippen molar-refractivity contribution in [1.29, 1.82) is 0 Å². The molecule has 0 saturated heterocycles. The van der Waals surface area contributed by atoms with Crippen molar-refractivity contribution in [3.05, 3.63) is 22.9 Å². The number of carbonyl (C=O) groups is 1. The number of carbonyl (C=O) groups excluding carboxylic acids is 1. The highest BCUT2D eigenvalue weighted by Crippen LogP contribution is 2.40. The standard InChI is InChI=1S/C10H9F5N2O2/c1-19-5(18)2-4-3-17-9(16)6(8(11)12)7(4)10(13,14)15/h3,8H,2H2,1H3,(H2,16,17). The highest BCUT2D eigenvalue weighted by molar-refractivity contribution is 5.73. The summed E-state index contributed by atoms with van der Waals surface area (Å²) in [6, 6.07) is 0. The number of hydrogen-bond donors (Lipinski definition) is 1. The highest BCUT2D eigenvalue weighted by Gasteiger charge is 2.40. The van der Waals surface area contributed by atoms with Crippen molar-refractivity contribution >= 4 is 11.8 Å². The van der Waals surface area contributed by atoms with Crippen LogP contribution in [0.15, 0.2) is 6.20 Å². The van der Waals surface area contributed by atoms with Crippen LogP contribution in [0.25, 0.3) is 0 Å². The molecular weight excluding hydrogens is 275 g/mol. The van der Waals surface area contributed by atoms with Gasteiger partial charge in [-0.25, -0.2) is 13.8 Å². The maximum atomic E-state index is 12.8. The molecule has 1 aromatic heterocycles. The lowest BCUT2D eigenvalue weighted by Crippen LogP contribution is -2.18. The average Bonchev–Trinajstić information content (AvgIpc) is 2.28. The number of rotatable bonds is 3. The van der Waals surface area contributed by atoms with Gasteiger partial charge in [-0.2, -0.15) is 13.2 Å². The molecule has 9 heteroatoms. The third-order valence-corrected chi connectivity index (χ3v) is 2.29. The second-order valence-corrected chi connectivity index (χ2v) is 3.51. The summed E-state index contributed by atoms with van der Waals surface area (Å²) in [5.74, 6) is -1.92. The Labute approximate surface area is 104 Å². The van der Waals surface area contributed by atoms with Gasteiger partial charge in [0.2, 0.25) is 0 Å². The predicted molar refractivity (Wildman–Crippen MR) is 54.3 cm³/mol. The van der Waals surface area contributed by atoms with Crippen LogP contribution in [0.5, 0.6) is 0 Å². The van der Waals surface area contributed by atoms with Crippen molar-refractivity contribution in [3.63, 3.8) is 0 Å². The number of methoxy groups -OCH3 is 1. The van der Waals surface area contributed by atoms with E-state index in [2.05, 4.69) is 9.72 Å². The minimum absolute atomic E-state index is 0.640. The van der Waals surface area contributed by atoms with E-state index in [1.54, 1.807) is 0 Å². The van der Waals surface area contributed by atoms with Gasteiger partial charge in [-0.1, -0.05) is 0 Å². The number of nitrogen functional groups attached to an aromatic ring is 1. The third kappa shape index (κ3) is 3.30.